The van der Waals surface area contributed by atoms with E-state index in [9.17, 15) is 19.8 Å². The lowest BCUT2D eigenvalue weighted by molar-refractivity contribution is -0.147. The normalized spacial score (nSPS) is 18.1. The van der Waals surface area contributed by atoms with Gasteiger partial charge in [-0.2, -0.15) is 0 Å². The summed E-state index contributed by atoms with van der Waals surface area (Å²) in [6.07, 6.45) is 0.943. The van der Waals surface area contributed by atoms with Crippen molar-refractivity contribution >= 4 is 12.0 Å². The summed E-state index contributed by atoms with van der Waals surface area (Å²) in [5.41, 5.74) is -2.26. The summed E-state index contributed by atoms with van der Waals surface area (Å²) in [6.45, 7) is 6.11. The van der Waals surface area contributed by atoms with Gasteiger partial charge in [0.05, 0.1) is 12.1 Å². The molecule has 1 aliphatic heterocycles. The third-order valence-electron chi connectivity index (χ3n) is 4.03. The number of urea groups is 1. The molecule has 7 heteroatoms. The first-order valence-corrected chi connectivity index (χ1v) is 7.20. The Morgan fingerprint density at radius 2 is 1.81 bits per heavy atom. The van der Waals surface area contributed by atoms with Gasteiger partial charge in [-0.25, -0.2) is 9.59 Å². The second kappa shape index (κ2) is 6.62. The Hall–Kier alpha value is -1.34. The molecule has 1 fully saturated rings. The van der Waals surface area contributed by atoms with Crippen LogP contribution in [-0.4, -0.2) is 76.5 Å². The minimum Gasteiger partial charge on any atom is -0.480 e. The Kier molecular flexibility index (Phi) is 5.58. The Morgan fingerprint density at radius 1 is 1.29 bits per heavy atom. The minimum atomic E-state index is -1.29. The van der Waals surface area contributed by atoms with Crippen molar-refractivity contribution in [3.8, 4) is 0 Å². The van der Waals surface area contributed by atoms with Crippen molar-refractivity contribution in [1.29, 1.82) is 0 Å². The highest BCUT2D eigenvalue weighted by Gasteiger charge is 2.40. The average molecular weight is 302 g/mol. The molecule has 0 aliphatic carbocycles. The zero-order chi connectivity index (χ0) is 16.3. The van der Waals surface area contributed by atoms with E-state index in [1.165, 1.54) is 23.6 Å². The van der Waals surface area contributed by atoms with E-state index in [2.05, 4.69) is 0 Å². The molecule has 0 spiro atoms. The monoisotopic (exact) mass is 302 g/mol. The van der Waals surface area contributed by atoms with Crippen LogP contribution in [0.5, 0.6) is 0 Å². The molecule has 1 saturated heterocycles. The molecule has 122 valence electrons. The van der Waals surface area contributed by atoms with Crippen LogP contribution in [0.25, 0.3) is 0 Å². The number of rotatable bonds is 5. The highest BCUT2D eigenvalue weighted by atomic mass is 16.5. The molecule has 2 N–H and O–H groups in total. The number of hydrogen-bond acceptors (Lipinski definition) is 4. The number of likely N-dealkylation sites (N-methyl/N-ethyl adjacent to an activating group) is 2. The summed E-state index contributed by atoms with van der Waals surface area (Å²) >= 11 is 0. The van der Waals surface area contributed by atoms with Crippen LogP contribution in [0.3, 0.4) is 0 Å². The Balaban J connectivity index is 2.78. The maximum atomic E-state index is 12.5. The first kappa shape index (κ1) is 17.7. The molecule has 1 heterocycles. The summed E-state index contributed by atoms with van der Waals surface area (Å²) in [5.74, 6) is -1.06. The van der Waals surface area contributed by atoms with Crippen LogP contribution in [0.1, 0.15) is 33.6 Å². The minimum absolute atomic E-state index is 0.168. The van der Waals surface area contributed by atoms with E-state index in [1.54, 1.807) is 14.0 Å². The van der Waals surface area contributed by atoms with Gasteiger partial charge in [-0.1, -0.05) is 0 Å². The van der Waals surface area contributed by atoms with Crippen molar-refractivity contribution in [2.75, 3.05) is 33.4 Å². The van der Waals surface area contributed by atoms with Gasteiger partial charge in [-0.15, -0.1) is 0 Å². The second-order valence-electron chi connectivity index (χ2n) is 6.08. The van der Waals surface area contributed by atoms with Gasteiger partial charge >= 0.3 is 12.0 Å². The lowest BCUT2D eigenvalue weighted by atomic mass is 9.94. The fourth-order valence-electron chi connectivity index (χ4n) is 2.51. The number of nitrogens with zero attached hydrogens (tertiary/aromatic N) is 2. The zero-order valence-corrected chi connectivity index (χ0v) is 13.3. The highest BCUT2D eigenvalue weighted by Crippen LogP contribution is 2.23. The molecular weight excluding hydrogens is 276 g/mol. The third-order valence-corrected chi connectivity index (χ3v) is 4.03. The number of aliphatic carboxylic acids is 1. The molecule has 0 unspecified atom stereocenters. The van der Waals surface area contributed by atoms with E-state index in [0.717, 1.165) is 0 Å². The Bertz CT molecular complexity index is 391. The number of ether oxygens (including phenoxy) is 1. The number of hydrogen-bond donors (Lipinski definition) is 2. The number of carbonyl (C=O) groups is 2. The Morgan fingerprint density at radius 3 is 2.24 bits per heavy atom. The van der Waals surface area contributed by atoms with E-state index in [1.807, 2.05) is 0 Å². The molecule has 7 nitrogen and oxygen atoms in total. The molecule has 21 heavy (non-hydrogen) atoms. The smallest absolute Gasteiger partial charge is 0.329 e. The summed E-state index contributed by atoms with van der Waals surface area (Å²) in [4.78, 5) is 26.5. The first-order valence-electron chi connectivity index (χ1n) is 7.20. The quantitative estimate of drug-likeness (QED) is 0.782. The molecular formula is C14H26N2O5. The molecule has 1 rings (SSSR count). The molecule has 0 radical (unpaired) electrons. The van der Waals surface area contributed by atoms with Crippen molar-refractivity contribution in [2.24, 2.45) is 0 Å². The van der Waals surface area contributed by atoms with Crippen molar-refractivity contribution in [2.45, 2.75) is 44.8 Å². The number of amides is 2. The lowest BCUT2D eigenvalue weighted by Gasteiger charge is -2.40. The fraction of sp³-hybridized carbons (Fsp3) is 0.857. The SMILES string of the molecule is CCN(C(=O)N(C)CC1(O)CCOCC1)C(C)(C)C(=O)O. The van der Waals surface area contributed by atoms with Gasteiger partial charge in [-0.05, 0) is 20.8 Å². The number of carbonyl (C=O) groups excluding carboxylic acids is 1. The summed E-state index contributed by atoms with van der Waals surface area (Å²) in [5, 5.41) is 19.7. The van der Waals surface area contributed by atoms with Crippen molar-refractivity contribution in [1.82, 2.24) is 9.80 Å². The predicted octanol–water partition coefficient (Wildman–Crippen LogP) is 0.765. The molecule has 0 saturated carbocycles. The topological polar surface area (TPSA) is 90.3 Å². The van der Waals surface area contributed by atoms with Gasteiger partial charge < -0.3 is 24.7 Å². The molecule has 0 bridgehead atoms. The van der Waals surface area contributed by atoms with Crippen LogP contribution in [0.2, 0.25) is 0 Å². The molecule has 1 aliphatic rings. The molecule has 2 amide bonds. The van der Waals surface area contributed by atoms with Gasteiger partial charge in [0.1, 0.15) is 5.54 Å². The van der Waals surface area contributed by atoms with E-state index in [0.29, 0.717) is 26.1 Å². The van der Waals surface area contributed by atoms with Gasteiger partial charge in [0.15, 0.2) is 0 Å². The maximum Gasteiger partial charge on any atom is 0.329 e. The largest absolute Gasteiger partial charge is 0.480 e. The average Bonchev–Trinajstić information content (AvgIpc) is 2.39. The van der Waals surface area contributed by atoms with E-state index >= 15 is 0 Å². The van der Waals surface area contributed by atoms with Crippen molar-refractivity contribution in [3.05, 3.63) is 0 Å². The van der Waals surface area contributed by atoms with Crippen LogP contribution in [0.4, 0.5) is 4.79 Å². The van der Waals surface area contributed by atoms with Gasteiger partial charge in [0.2, 0.25) is 0 Å². The highest BCUT2D eigenvalue weighted by molar-refractivity contribution is 5.85. The summed E-state index contributed by atoms with van der Waals surface area (Å²) < 4.78 is 5.21. The standard InChI is InChI=1S/C14H26N2O5/c1-5-16(13(2,3)11(17)18)12(19)15(4)10-14(20)6-8-21-9-7-14/h20H,5-10H2,1-4H3,(H,17,18). The second-order valence-corrected chi connectivity index (χ2v) is 6.08. The van der Waals surface area contributed by atoms with Crippen LogP contribution < -0.4 is 0 Å². The third kappa shape index (κ3) is 4.07. The molecule has 0 aromatic rings. The first-order chi connectivity index (χ1) is 9.64. The number of carboxylic acids is 1. The summed E-state index contributed by atoms with van der Waals surface area (Å²) in [7, 11) is 1.58. The van der Waals surface area contributed by atoms with Crippen molar-refractivity contribution < 1.29 is 24.5 Å². The van der Waals surface area contributed by atoms with E-state index in [-0.39, 0.29) is 13.1 Å². The molecule has 0 aromatic heterocycles. The number of carboxylic acid groups (broad SMARTS) is 1. The van der Waals surface area contributed by atoms with Crippen LogP contribution in [0, 0.1) is 0 Å². The lowest BCUT2D eigenvalue weighted by Crippen LogP contribution is -2.58. The number of aliphatic hydroxyl groups is 1. The predicted molar refractivity (Wildman–Crippen MR) is 77.1 cm³/mol. The van der Waals surface area contributed by atoms with Gasteiger partial charge in [0.25, 0.3) is 0 Å². The fourth-order valence-corrected chi connectivity index (χ4v) is 2.51. The van der Waals surface area contributed by atoms with E-state index in [4.69, 9.17) is 4.74 Å². The van der Waals surface area contributed by atoms with Crippen LogP contribution in [-0.2, 0) is 9.53 Å². The van der Waals surface area contributed by atoms with E-state index < -0.39 is 23.1 Å². The Labute approximate surface area is 125 Å². The van der Waals surface area contributed by atoms with Gasteiger partial charge in [-0.3, -0.25) is 0 Å². The molecule has 0 aromatic carbocycles. The van der Waals surface area contributed by atoms with Crippen molar-refractivity contribution in [3.63, 3.8) is 0 Å². The zero-order valence-electron chi connectivity index (χ0n) is 13.3. The summed E-state index contributed by atoms with van der Waals surface area (Å²) in [6, 6.07) is -0.398. The van der Waals surface area contributed by atoms with Gasteiger partial charge in [0, 0.05) is 39.6 Å². The maximum absolute atomic E-state index is 12.5. The molecule has 0 atom stereocenters. The van der Waals surface area contributed by atoms with Crippen LogP contribution >= 0.6 is 0 Å². The van der Waals surface area contributed by atoms with Crippen LogP contribution in [0.15, 0.2) is 0 Å².